The molecule has 1 aromatic carbocycles. The van der Waals surface area contributed by atoms with Gasteiger partial charge in [-0.25, -0.2) is 8.42 Å². The first kappa shape index (κ1) is 11.6. The van der Waals surface area contributed by atoms with E-state index in [4.69, 9.17) is 0 Å². The van der Waals surface area contributed by atoms with E-state index in [1.54, 1.807) is 28.6 Å². The van der Waals surface area contributed by atoms with Crippen molar-refractivity contribution in [1.82, 2.24) is 4.31 Å². The molecule has 1 aliphatic rings. The number of nitrogens with zero attached hydrogens (tertiary/aromatic N) is 1. The highest BCUT2D eigenvalue weighted by atomic mass is 32.2. The van der Waals surface area contributed by atoms with Crippen LogP contribution < -0.4 is 0 Å². The first-order valence-corrected chi connectivity index (χ1v) is 7.20. The van der Waals surface area contributed by atoms with Crippen LogP contribution in [0.15, 0.2) is 35.2 Å². The van der Waals surface area contributed by atoms with Gasteiger partial charge < -0.3 is 0 Å². The number of hydrogen-bond acceptors (Lipinski definition) is 2. The van der Waals surface area contributed by atoms with Gasteiger partial charge in [0.1, 0.15) is 0 Å². The van der Waals surface area contributed by atoms with Gasteiger partial charge in [-0.1, -0.05) is 31.0 Å². The Labute approximate surface area is 97.1 Å². The van der Waals surface area contributed by atoms with Gasteiger partial charge in [-0.05, 0) is 25.0 Å². The topological polar surface area (TPSA) is 37.4 Å². The summed E-state index contributed by atoms with van der Waals surface area (Å²) >= 11 is 0. The maximum atomic E-state index is 12.3. The van der Waals surface area contributed by atoms with Gasteiger partial charge in [0.15, 0.2) is 0 Å². The molecular weight excluding hydrogens is 222 g/mol. The molecule has 0 spiro atoms. The van der Waals surface area contributed by atoms with Crippen LogP contribution in [0.5, 0.6) is 0 Å². The minimum atomic E-state index is -3.25. The quantitative estimate of drug-likeness (QED) is 0.793. The van der Waals surface area contributed by atoms with Crippen molar-refractivity contribution in [2.24, 2.45) is 0 Å². The third kappa shape index (κ3) is 2.44. The largest absolute Gasteiger partial charge is 0.243 e. The van der Waals surface area contributed by atoms with E-state index in [1.807, 2.05) is 6.07 Å². The molecule has 3 nitrogen and oxygen atoms in total. The molecule has 0 atom stereocenters. The lowest BCUT2D eigenvalue weighted by atomic mass is 10.2. The van der Waals surface area contributed by atoms with Crippen LogP contribution in [0.3, 0.4) is 0 Å². The Bertz CT molecular complexity index is 420. The number of benzene rings is 1. The predicted molar refractivity (Wildman–Crippen MR) is 63.7 cm³/mol. The molecule has 2 rings (SSSR count). The Morgan fingerprint density at radius 3 is 2.00 bits per heavy atom. The molecule has 1 heterocycles. The zero-order chi connectivity index (χ0) is 11.4. The van der Waals surface area contributed by atoms with Crippen LogP contribution in [0.25, 0.3) is 0 Å². The Kier molecular flexibility index (Phi) is 3.61. The fraction of sp³-hybridized carbons (Fsp3) is 0.500. The van der Waals surface area contributed by atoms with Crippen LogP contribution in [0.2, 0.25) is 0 Å². The molecule has 4 heteroatoms. The fourth-order valence-electron chi connectivity index (χ4n) is 2.02. The van der Waals surface area contributed by atoms with Gasteiger partial charge in [0.25, 0.3) is 0 Å². The Morgan fingerprint density at radius 1 is 0.875 bits per heavy atom. The molecule has 0 amide bonds. The minimum Gasteiger partial charge on any atom is -0.207 e. The first-order chi connectivity index (χ1) is 7.71. The molecule has 0 N–H and O–H groups in total. The van der Waals surface area contributed by atoms with Gasteiger partial charge in [-0.3, -0.25) is 0 Å². The van der Waals surface area contributed by atoms with Crippen molar-refractivity contribution in [2.75, 3.05) is 13.1 Å². The Balaban J connectivity index is 2.24. The summed E-state index contributed by atoms with van der Waals surface area (Å²) in [5, 5.41) is 0. The van der Waals surface area contributed by atoms with Crippen molar-refractivity contribution < 1.29 is 8.42 Å². The monoisotopic (exact) mass is 239 g/mol. The normalized spacial score (nSPS) is 19.2. The molecule has 0 unspecified atom stereocenters. The lowest BCUT2D eigenvalue weighted by Crippen LogP contribution is -2.31. The second-order valence-corrected chi connectivity index (χ2v) is 6.07. The standard InChI is InChI=1S/C12H17NO2S/c14-16(15,12-8-4-3-5-9-12)13-10-6-1-2-7-11-13/h3-5,8-9H,1-2,6-7,10-11H2. The smallest absolute Gasteiger partial charge is 0.207 e. The van der Waals surface area contributed by atoms with Crippen molar-refractivity contribution >= 4 is 10.0 Å². The minimum absolute atomic E-state index is 0.414. The van der Waals surface area contributed by atoms with Gasteiger partial charge in [-0.15, -0.1) is 0 Å². The van der Waals surface area contributed by atoms with Gasteiger partial charge in [0.05, 0.1) is 4.90 Å². The van der Waals surface area contributed by atoms with Crippen LogP contribution >= 0.6 is 0 Å². The van der Waals surface area contributed by atoms with Gasteiger partial charge in [-0.2, -0.15) is 4.31 Å². The Morgan fingerprint density at radius 2 is 1.44 bits per heavy atom. The van der Waals surface area contributed by atoms with Crippen LogP contribution in [-0.4, -0.2) is 25.8 Å². The van der Waals surface area contributed by atoms with E-state index in [0.717, 1.165) is 25.7 Å². The van der Waals surface area contributed by atoms with E-state index < -0.39 is 10.0 Å². The van der Waals surface area contributed by atoms with Crippen LogP contribution in [0.1, 0.15) is 25.7 Å². The zero-order valence-electron chi connectivity index (χ0n) is 9.30. The van der Waals surface area contributed by atoms with Crippen LogP contribution in [0.4, 0.5) is 0 Å². The molecule has 0 radical (unpaired) electrons. The average molecular weight is 239 g/mol. The fourth-order valence-corrected chi connectivity index (χ4v) is 3.56. The summed E-state index contributed by atoms with van der Waals surface area (Å²) in [5.41, 5.74) is 0. The highest BCUT2D eigenvalue weighted by Gasteiger charge is 2.24. The van der Waals surface area contributed by atoms with E-state index in [-0.39, 0.29) is 0 Å². The molecular formula is C12H17NO2S. The molecule has 1 saturated heterocycles. The average Bonchev–Trinajstić information content (AvgIpc) is 2.59. The van der Waals surface area contributed by atoms with Gasteiger partial charge in [0, 0.05) is 13.1 Å². The zero-order valence-corrected chi connectivity index (χ0v) is 10.1. The molecule has 0 aliphatic carbocycles. The summed E-state index contributed by atoms with van der Waals surface area (Å²) in [4.78, 5) is 0.414. The lowest BCUT2D eigenvalue weighted by molar-refractivity contribution is 0.424. The molecule has 0 saturated carbocycles. The third-order valence-electron chi connectivity index (χ3n) is 2.95. The van der Waals surface area contributed by atoms with E-state index in [1.165, 1.54) is 0 Å². The van der Waals surface area contributed by atoms with Crippen LogP contribution in [-0.2, 0) is 10.0 Å². The number of rotatable bonds is 2. The lowest BCUT2D eigenvalue weighted by Gasteiger charge is -2.19. The Hall–Kier alpha value is -0.870. The summed E-state index contributed by atoms with van der Waals surface area (Å²) in [5.74, 6) is 0. The summed E-state index contributed by atoms with van der Waals surface area (Å²) in [6.07, 6.45) is 4.24. The molecule has 0 bridgehead atoms. The SMILES string of the molecule is O=S(=O)(c1ccccc1)N1CCCCCC1. The third-order valence-corrected chi connectivity index (χ3v) is 4.86. The van der Waals surface area contributed by atoms with Crippen molar-refractivity contribution in [3.05, 3.63) is 30.3 Å². The highest BCUT2D eigenvalue weighted by Crippen LogP contribution is 2.19. The number of hydrogen-bond donors (Lipinski definition) is 0. The van der Waals surface area contributed by atoms with E-state index in [9.17, 15) is 8.42 Å². The highest BCUT2D eigenvalue weighted by molar-refractivity contribution is 7.89. The summed E-state index contributed by atoms with van der Waals surface area (Å²) in [6.45, 7) is 1.33. The van der Waals surface area contributed by atoms with Gasteiger partial charge in [0.2, 0.25) is 10.0 Å². The van der Waals surface area contributed by atoms with Gasteiger partial charge >= 0.3 is 0 Å². The molecule has 16 heavy (non-hydrogen) atoms. The molecule has 1 aromatic rings. The molecule has 88 valence electrons. The second kappa shape index (κ2) is 4.97. The maximum Gasteiger partial charge on any atom is 0.243 e. The van der Waals surface area contributed by atoms with Crippen molar-refractivity contribution in [3.8, 4) is 0 Å². The van der Waals surface area contributed by atoms with E-state index in [2.05, 4.69) is 0 Å². The summed E-state index contributed by atoms with van der Waals surface area (Å²) in [7, 11) is -3.25. The second-order valence-electron chi connectivity index (χ2n) is 4.13. The predicted octanol–water partition coefficient (Wildman–Crippen LogP) is 2.25. The summed E-state index contributed by atoms with van der Waals surface area (Å²) in [6, 6.07) is 8.71. The van der Waals surface area contributed by atoms with Crippen molar-refractivity contribution in [1.29, 1.82) is 0 Å². The molecule has 1 fully saturated rings. The molecule has 1 aliphatic heterocycles. The van der Waals surface area contributed by atoms with Crippen molar-refractivity contribution in [2.45, 2.75) is 30.6 Å². The summed E-state index contributed by atoms with van der Waals surface area (Å²) < 4.78 is 26.2. The first-order valence-electron chi connectivity index (χ1n) is 5.76. The molecule has 0 aromatic heterocycles. The van der Waals surface area contributed by atoms with E-state index >= 15 is 0 Å². The maximum absolute atomic E-state index is 12.3. The number of sulfonamides is 1. The van der Waals surface area contributed by atoms with Crippen molar-refractivity contribution in [3.63, 3.8) is 0 Å². The van der Waals surface area contributed by atoms with Crippen LogP contribution in [0, 0.1) is 0 Å². The van der Waals surface area contributed by atoms with E-state index in [0.29, 0.717) is 18.0 Å².